The summed E-state index contributed by atoms with van der Waals surface area (Å²) < 4.78 is 37.5. The van der Waals surface area contributed by atoms with Crippen LogP contribution in [0.15, 0.2) is 45.9 Å². The fraction of sp³-hybridized carbons (Fsp3) is 0.286. The van der Waals surface area contributed by atoms with E-state index in [1.807, 2.05) is 24.3 Å². The first-order chi connectivity index (χ1) is 10.1. The van der Waals surface area contributed by atoms with Crippen LogP contribution in [0.5, 0.6) is 5.75 Å². The van der Waals surface area contributed by atoms with Crippen molar-refractivity contribution >= 4 is 10.0 Å². The molecular weight excluding hydrogens is 292 g/mol. The number of ether oxygens (including phenoxy) is 1. The van der Waals surface area contributed by atoms with Crippen LogP contribution in [0.3, 0.4) is 0 Å². The SMILES string of the molecule is NCc1ccc(S(=O)(=O)N2CCOc3ccccc3C2)o1. The zero-order valence-electron chi connectivity index (χ0n) is 11.4. The van der Waals surface area contributed by atoms with E-state index in [4.69, 9.17) is 14.9 Å². The molecule has 0 atom stereocenters. The van der Waals surface area contributed by atoms with Gasteiger partial charge in [0.15, 0.2) is 0 Å². The molecule has 7 heteroatoms. The molecule has 3 rings (SSSR count). The maximum Gasteiger partial charge on any atom is 0.276 e. The van der Waals surface area contributed by atoms with Crippen LogP contribution in [0.1, 0.15) is 11.3 Å². The maximum atomic E-state index is 12.6. The molecule has 2 heterocycles. The number of sulfonamides is 1. The van der Waals surface area contributed by atoms with Crippen molar-refractivity contribution in [2.75, 3.05) is 13.2 Å². The Hall–Kier alpha value is -1.83. The zero-order valence-corrected chi connectivity index (χ0v) is 12.2. The highest BCUT2D eigenvalue weighted by atomic mass is 32.2. The third-order valence-corrected chi connectivity index (χ3v) is 5.07. The highest BCUT2D eigenvalue weighted by molar-refractivity contribution is 7.89. The number of fused-ring (bicyclic) bond motifs is 1. The van der Waals surface area contributed by atoms with Crippen molar-refractivity contribution in [3.8, 4) is 5.75 Å². The van der Waals surface area contributed by atoms with Gasteiger partial charge in [0.05, 0.1) is 6.54 Å². The Morgan fingerprint density at radius 2 is 2.00 bits per heavy atom. The number of benzene rings is 1. The molecule has 0 aliphatic carbocycles. The average Bonchev–Trinajstić information content (AvgIpc) is 2.87. The molecule has 0 fully saturated rings. The second kappa shape index (κ2) is 5.51. The Kier molecular flexibility index (Phi) is 3.71. The summed E-state index contributed by atoms with van der Waals surface area (Å²) in [7, 11) is -3.69. The van der Waals surface area contributed by atoms with E-state index in [9.17, 15) is 8.42 Å². The zero-order chi connectivity index (χ0) is 14.9. The van der Waals surface area contributed by atoms with Gasteiger partial charge in [-0.25, -0.2) is 8.42 Å². The van der Waals surface area contributed by atoms with Crippen molar-refractivity contribution in [1.82, 2.24) is 4.31 Å². The molecule has 1 aliphatic heterocycles. The molecule has 0 bridgehead atoms. The van der Waals surface area contributed by atoms with Crippen LogP contribution < -0.4 is 10.5 Å². The van der Waals surface area contributed by atoms with Gasteiger partial charge < -0.3 is 14.9 Å². The van der Waals surface area contributed by atoms with Gasteiger partial charge in [0.25, 0.3) is 10.0 Å². The van der Waals surface area contributed by atoms with Crippen LogP contribution >= 0.6 is 0 Å². The van der Waals surface area contributed by atoms with E-state index >= 15 is 0 Å². The quantitative estimate of drug-likeness (QED) is 0.924. The van der Waals surface area contributed by atoms with Crippen LogP contribution in [0.2, 0.25) is 0 Å². The molecule has 2 N–H and O–H groups in total. The Balaban J connectivity index is 1.92. The Labute approximate surface area is 123 Å². The van der Waals surface area contributed by atoms with Gasteiger partial charge in [-0.1, -0.05) is 18.2 Å². The summed E-state index contributed by atoms with van der Waals surface area (Å²) >= 11 is 0. The van der Waals surface area contributed by atoms with Gasteiger partial charge in [-0.15, -0.1) is 0 Å². The van der Waals surface area contributed by atoms with E-state index in [0.29, 0.717) is 12.4 Å². The summed E-state index contributed by atoms with van der Waals surface area (Å²) in [6, 6.07) is 10.4. The second-order valence-corrected chi connectivity index (χ2v) is 6.59. The van der Waals surface area contributed by atoms with Crippen molar-refractivity contribution < 1.29 is 17.6 Å². The van der Waals surface area contributed by atoms with Gasteiger partial charge in [0.2, 0.25) is 5.09 Å². The molecule has 1 aromatic heterocycles. The molecule has 21 heavy (non-hydrogen) atoms. The van der Waals surface area contributed by atoms with E-state index < -0.39 is 10.0 Å². The van der Waals surface area contributed by atoms with E-state index in [1.165, 1.54) is 10.4 Å². The summed E-state index contributed by atoms with van der Waals surface area (Å²) in [4.78, 5) is 0. The molecule has 0 saturated heterocycles. The molecule has 1 aliphatic rings. The summed E-state index contributed by atoms with van der Waals surface area (Å²) in [6.45, 7) is 1.01. The molecule has 0 saturated carbocycles. The summed E-state index contributed by atoms with van der Waals surface area (Å²) in [5.41, 5.74) is 6.29. The number of hydrogen-bond donors (Lipinski definition) is 1. The van der Waals surface area contributed by atoms with Gasteiger partial charge in [0.1, 0.15) is 18.1 Å². The van der Waals surface area contributed by atoms with Crippen LogP contribution in [-0.2, 0) is 23.1 Å². The normalized spacial score (nSPS) is 16.0. The van der Waals surface area contributed by atoms with Gasteiger partial charge in [-0.3, -0.25) is 0 Å². The maximum absolute atomic E-state index is 12.6. The second-order valence-electron chi connectivity index (χ2n) is 4.72. The van der Waals surface area contributed by atoms with Gasteiger partial charge >= 0.3 is 0 Å². The number of rotatable bonds is 3. The third-order valence-electron chi connectivity index (χ3n) is 3.35. The van der Waals surface area contributed by atoms with Gasteiger partial charge in [-0.05, 0) is 18.2 Å². The smallest absolute Gasteiger partial charge is 0.276 e. The molecule has 0 radical (unpaired) electrons. The number of furan rings is 1. The fourth-order valence-corrected chi connectivity index (χ4v) is 3.57. The lowest BCUT2D eigenvalue weighted by Gasteiger charge is -2.17. The van der Waals surface area contributed by atoms with Gasteiger partial charge in [-0.2, -0.15) is 4.31 Å². The van der Waals surface area contributed by atoms with Crippen LogP contribution in [-0.4, -0.2) is 25.9 Å². The molecular formula is C14H16N2O4S. The lowest BCUT2D eigenvalue weighted by molar-refractivity contribution is 0.288. The predicted molar refractivity (Wildman–Crippen MR) is 76.1 cm³/mol. The highest BCUT2D eigenvalue weighted by Crippen LogP contribution is 2.27. The Bertz CT molecular complexity index is 739. The molecule has 112 valence electrons. The topological polar surface area (TPSA) is 85.8 Å². The predicted octanol–water partition coefficient (Wildman–Crippen LogP) is 1.32. The molecule has 0 unspecified atom stereocenters. The molecule has 0 amide bonds. The van der Waals surface area contributed by atoms with Crippen molar-refractivity contribution in [2.45, 2.75) is 18.2 Å². The first kappa shape index (κ1) is 14.1. The van der Waals surface area contributed by atoms with Crippen molar-refractivity contribution in [3.05, 3.63) is 47.7 Å². The minimum Gasteiger partial charge on any atom is -0.492 e. The fourth-order valence-electron chi connectivity index (χ4n) is 2.24. The van der Waals surface area contributed by atoms with Crippen molar-refractivity contribution in [1.29, 1.82) is 0 Å². The standard InChI is InChI=1S/C14H16N2O4S/c15-9-12-5-6-14(20-12)21(17,18)16-7-8-19-13-4-2-1-3-11(13)10-16/h1-6H,7-10,15H2. The molecule has 2 aromatic rings. The lowest BCUT2D eigenvalue weighted by Crippen LogP contribution is -2.32. The van der Waals surface area contributed by atoms with E-state index in [2.05, 4.69) is 0 Å². The first-order valence-corrected chi connectivity index (χ1v) is 8.05. The minimum atomic E-state index is -3.69. The number of nitrogens with two attached hydrogens (primary N) is 1. The minimum absolute atomic E-state index is 0.0812. The monoisotopic (exact) mass is 308 g/mol. The van der Waals surface area contributed by atoms with Crippen LogP contribution in [0, 0.1) is 0 Å². The Morgan fingerprint density at radius 1 is 1.19 bits per heavy atom. The largest absolute Gasteiger partial charge is 0.492 e. The van der Waals surface area contributed by atoms with Crippen LogP contribution in [0.25, 0.3) is 0 Å². The number of nitrogens with zero attached hydrogens (tertiary/aromatic N) is 1. The molecule has 0 spiro atoms. The van der Waals surface area contributed by atoms with Crippen molar-refractivity contribution in [2.24, 2.45) is 5.73 Å². The van der Waals surface area contributed by atoms with Gasteiger partial charge in [0, 0.05) is 18.7 Å². The Morgan fingerprint density at radius 3 is 2.76 bits per heavy atom. The molecule has 1 aromatic carbocycles. The van der Waals surface area contributed by atoms with E-state index in [1.54, 1.807) is 6.07 Å². The van der Waals surface area contributed by atoms with E-state index in [0.717, 1.165) is 11.3 Å². The van der Waals surface area contributed by atoms with Crippen LogP contribution in [0.4, 0.5) is 0 Å². The summed E-state index contributed by atoms with van der Waals surface area (Å²) in [5.74, 6) is 1.16. The summed E-state index contributed by atoms with van der Waals surface area (Å²) in [6.07, 6.45) is 0. The first-order valence-electron chi connectivity index (χ1n) is 6.61. The number of para-hydroxylation sites is 1. The highest BCUT2D eigenvalue weighted by Gasteiger charge is 2.30. The average molecular weight is 308 g/mol. The third kappa shape index (κ3) is 2.67. The van der Waals surface area contributed by atoms with Crippen molar-refractivity contribution in [3.63, 3.8) is 0 Å². The van der Waals surface area contributed by atoms with E-state index in [-0.39, 0.29) is 24.7 Å². The summed E-state index contributed by atoms with van der Waals surface area (Å²) in [5, 5.41) is -0.0812. The molecule has 6 nitrogen and oxygen atoms in total. The number of hydrogen-bond acceptors (Lipinski definition) is 5. The lowest BCUT2D eigenvalue weighted by atomic mass is 10.2.